The van der Waals surface area contributed by atoms with Gasteiger partial charge in [0.25, 0.3) is 0 Å². The van der Waals surface area contributed by atoms with Crippen molar-refractivity contribution >= 4 is 0 Å². The van der Waals surface area contributed by atoms with Gasteiger partial charge in [-0.05, 0) is 49.4 Å². The maximum atomic E-state index is 3.47. The number of nitrogens with one attached hydrogen (secondary N) is 1. The fourth-order valence-corrected chi connectivity index (χ4v) is 1.83. The predicted molar refractivity (Wildman–Crippen MR) is 72.1 cm³/mol. The molecule has 0 saturated carbocycles. The van der Waals surface area contributed by atoms with E-state index in [2.05, 4.69) is 58.1 Å². The molecule has 0 aliphatic carbocycles. The lowest BCUT2D eigenvalue weighted by Gasteiger charge is -2.15. The van der Waals surface area contributed by atoms with Crippen LogP contribution in [0.1, 0.15) is 49.8 Å². The van der Waals surface area contributed by atoms with Crippen molar-refractivity contribution in [2.45, 2.75) is 53.0 Å². The third kappa shape index (κ3) is 3.97. The Labute approximate surface area is 100 Å². The number of aryl methyl sites for hydroxylation is 2. The Hall–Kier alpha value is -0.820. The van der Waals surface area contributed by atoms with Crippen LogP contribution in [0.4, 0.5) is 0 Å². The van der Waals surface area contributed by atoms with Gasteiger partial charge in [-0.3, -0.25) is 0 Å². The van der Waals surface area contributed by atoms with Crippen LogP contribution in [0.5, 0.6) is 0 Å². The fourth-order valence-electron chi connectivity index (χ4n) is 1.83. The smallest absolute Gasteiger partial charge is 0.00103 e. The molecule has 0 aliphatic heterocycles. The largest absolute Gasteiger partial charge is 0.315 e. The Morgan fingerprint density at radius 3 is 2.31 bits per heavy atom. The van der Waals surface area contributed by atoms with Crippen LogP contribution in [0.2, 0.25) is 0 Å². The van der Waals surface area contributed by atoms with Gasteiger partial charge in [0.05, 0.1) is 0 Å². The Morgan fingerprint density at radius 1 is 1.06 bits per heavy atom. The summed E-state index contributed by atoms with van der Waals surface area (Å²) in [5.74, 6) is 0.644. The van der Waals surface area contributed by atoms with Gasteiger partial charge in [0, 0.05) is 6.04 Å². The summed E-state index contributed by atoms with van der Waals surface area (Å²) >= 11 is 0. The first-order valence-electron chi connectivity index (χ1n) is 6.31. The maximum absolute atomic E-state index is 3.47. The van der Waals surface area contributed by atoms with E-state index in [1.165, 1.54) is 23.1 Å². The van der Waals surface area contributed by atoms with Crippen molar-refractivity contribution < 1.29 is 0 Å². The van der Waals surface area contributed by atoms with Crippen molar-refractivity contribution in [1.29, 1.82) is 0 Å². The molecule has 1 nitrogen and oxygen atoms in total. The van der Waals surface area contributed by atoms with E-state index in [0.29, 0.717) is 12.0 Å². The third-order valence-corrected chi connectivity index (χ3v) is 3.23. The predicted octanol–water partition coefficient (Wildman–Crippen LogP) is 3.80. The van der Waals surface area contributed by atoms with Crippen molar-refractivity contribution in [2.24, 2.45) is 0 Å². The first-order valence-corrected chi connectivity index (χ1v) is 6.31. The molecule has 1 N–H and O–H groups in total. The molecule has 1 aromatic carbocycles. The van der Waals surface area contributed by atoms with E-state index in [1.54, 1.807) is 0 Å². The minimum Gasteiger partial charge on any atom is -0.315 e. The second-order valence-corrected chi connectivity index (χ2v) is 5.14. The van der Waals surface area contributed by atoms with Crippen molar-refractivity contribution in [2.75, 3.05) is 6.54 Å². The third-order valence-electron chi connectivity index (χ3n) is 3.23. The van der Waals surface area contributed by atoms with Crippen LogP contribution >= 0.6 is 0 Å². The summed E-state index contributed by atoms with van der Waals surface area (Å²) in [6, 6.07) is 7.42. The average Bonchev–Trinajstić information content (AvgIpc) is 2.21. The highest BCUT2D eigenvalue weighted by atomic mass is 14.9. The Kier molecular flexibility index (Phi) is 5.01. The fraction of sp³-hybridized carbons (Fsp3) is 0.600. The molecule has 1 aromatic rings. The average molecular weight is 219 g/mol. The molecular formula is C15H25N. The van der Waals surface area contributed by atoms with Gasteiger partial charge in [-0.25, -0.2) is 0 Å². The van der Waals surface area contributed by atoms with Crippen LogP contribution in [0, 0.1) is 13.8 Å². The van der Waals surface area contributed by atoms with Gasteiger partial charge in [0.2, 0.25) is 0 Å². The molecule has 16 heavy (non-hydrogen) atoms. The molecule has 0 aliphatic rings. The topological polar surface area (TPSA) is 12.0 Å². The molecule has 0 aromatic heterocycles. The highest BCUT2D eigenvalue weighted by molar-refractivity contribution is 5.31. The Balaban J connectivity index is 2.52. The SMILES string of the molecule is Cc1ccc(C(C)CCNC(C)C)cc1C. The Morgan fingerprint density at radius 2 is 1.75 bits per heavy atom. The molecule has 0 bridgehead atoms. The number of benzene rings is 1. The summed E-state index contributed by atoms with van der Waals surface area (Å²) in [6.45, 7) is 12.2. The number of rotatable bonds is 5. The van der Waals surface area contributed by atoms with Crippen LogP contribution in [-0.4, -0.2) is 12.6 Å². The van der Waals surface area contributed by atoms with Crippen LogP contribution < -0.4 is 5.32 Å². The van der Waals surface area contributed by atoms with E-state index in [9.17, 15) is 0 Å². The standard InChI is InChI=1S/C15H25N/c1-11(2)16-9-8-13(4)15-7-6-12(3)14(5)10-15/h6-7,10-11,13,16H,8-9H2,1-5H3. The number of hydrogen-bond donors (Lipinski definition) is 1. The summed E-state index contributed by atoms with van der Waals surface area (Å²) in [7, 11) is 0. The molecule has 1 unspecified atom stereocenters. The van der Waals surface area contributed by atoms with E-state index >= 15 is 0 Å². The van der Waals surface area contributed by atoms with Crippen molar-refractivity contribution in [3.8, 4) is 0 Å². The van der Waals surface area contributed by atoms with Gasteiger partial charge in [0.1, 0.15) is 0 Å². The molecule has 0 saturated heterocycles. The molecule has 1 atom stereocenters. The molecule has 90 valence electrons. The highest BCUT2D eigenvalue weighted by Crippen LogP contribution is 2.21. The first-order chi connectivity index (χ1) is 7.50. The summed E-state index contributed by atoms with van der Waals surface area (Å²) in [5, 5.41) is 3.47. The van der Waals surface area contributed by atoms with Crippen LogP contribution in [0.25, 0.3) is 0 Å². The second kappa shape index (κ2) is 6.05. The van der Waals surface area contributed by atoms with E-state index < -0.39 is 0 Å². The maximum Gasteiger partial charge on any atom is 0.00103 e. The lowest BCUT2D eigenvalue weighted by atomic mass is 9.94. The van der Waals surface area contributed by atoms with Crippen LogP contribution in [0.15, 0.2) is 18.2 Å². The summed E-state index contributed by atoms with van der Waals surface area (Å²) in [4.78, 5) is 0. The van der Waals surface area contributed by atoms with Crippen LogP contribution in [-0.2, 0) is 0 Å². The zero-order valence-corrected chi connectivity index (χ0v) is 11.3. The lowest BCUT2D eigenvalue weighted by Crippen LogP contribution is -2.24. The highest BCUT2D eigenvalue weighted by Gasteiger charge is 2.06. The number of hydrogen-bond acceptors (Lipinski definition) is 1. The van der Waals surface area contributed by atoms with Gasteiger partial charge < -0.3 is 5.32 Å². The van der Waals surface area contributed by atoms with Gasteiger partial charge in [-0.2, -0.15) is 0 Å². The zero-order chi connectivity index (χ0) is 12.1. The van der Waals surface area contributed by atoms with Crippen LogP contribution in [0.3, 0.4) is 0 Å². The Bertz CT molecular complexity index is 328. The monoisotopic (exact) mass is 219 g/mol. The second-order valence-electron chi connectivity index (χ2n) is 5.14. The minimum atomic E-state index is 0.590. The molecule has 0 spiro atoms. The van der Waals surface area contributed by atoms with Crippen molar-refractivity contribution in [3.05, 3.63) is 34.9 Å². The molecule has 0 heterocycles. The van der Waals surface area contributed by atoms with E-state index in [0.717, 1.165) is 6.54 Å². The van der Waals surface area contributed by atoms with Crippen molar-refractivity contribution in [3.63, 3.8) is 0 Å². The molecule has 1 rings (SSSR count). The summed E-state index contributed by atoms with van der Waals surface area (Å²) < 4.78 is 0. The van der Waals surface area contributed by atoms with Gasteiger partial charge in [-0.15, -0.1) is 0 Å². The summed E-state index contributed by atoms with van der Waals surface area (Å²) in [5.41, 5.74) is 4.26. The molecule has 1 heteroatoms. The van der Waals surface area contributed by atoms with E-state index in [4.69, 9.17) is 0 Å². The molecule has 0 radical (unpaired) electrons. The van der Waals surface area contributed by atoms with Crippen molar-refractivity contribution in [1.82, 2.24) is 5.32 Å². The normalized spacial score (nSPS) is 13.1. The van der Waals surface area contributed by atoms with Gasteiger partial charge in [-0.1, -0.05) is 39.0 Å². The first kappa shape index (κ1) is 13.2. The van der Waals surface area contributed by atoms with E-state index in [1.807, 2.05) is 0 Å². The molecule has 0 fully saturated rings. The summed E-state index contributed by atoms with van der Waals surface area (Å²) in [6.07, 6.45) is 1.21. The van der Waals surface area contributed by atoms with Gasteiger partial charge in [0.15, 0.2) is 0 Å². The minimum absolute atomic E-state index is 0.590. The van der Waals surface area contributed by atoms with Gasteiger partial charge >= 0.3 is 0 Å². The molecule has 0 amide bonds. The molecular weight excluding hydrogens is 194 g/mol. The zero-order valence-electron chi connectivity index (χ0n) is 11.3. The quantitative estimate of drug-likeness (QED) is 0.794. The van der Waals surface area contributed by atoms with E-state index in [-0.39, 0.29) is 0 Å². The lowest BCUT2D eigenvalue weighted by molar-refractivity contribution is 0.541.